The minimum Gasteiger partial charge on any atom is -0.391 e. The molecule has 2 unspecified atom stereocenters. The molecule has 0 aliphatic carbocycles. The Kier molecular flexibility index (Phi) is 5.65. The van der Waals surface area contributed by atoms with Crippen LogP contribution in [0.1, 0.15) is 56.5 Å². The van der Waals surface area contributed by atoms with Gasteiger partial charge in [0.1, 0.15) is 6.04 Å². The lowest BCUT2D eigenvalue weighted by Gasteiger charge is -2.32. The van der Waals surface area contributed by atoms with Gasteiger partial charge in [-0.1, -0.05) is 32.9 Å². The molecular formula is C19H28N2O3. The Labute approximate surface area is 144 Å². The van der Waals surface area contributed by atoms with Gasteiger partial charge in [0.15, 0.2) is 0 Å². The number of hydrogen-bond acceptors (Lipinski definition) is 3. The van der Waals surface area contributed by atoms with Crippen LogP contribution >= 0.6 is 0 Å². The Bertz CT molecular complexity index is 590. The minimum atomic E-state index is -0.606. The Balaban J connectivity index is 1.97. The predicted octanol–water partition coefficient (Wildman–Crippen LogP) is 2.09. The zero-order chi connectivity index (χ0) is 17.9. The monoisotopic (exact) mass is 332 g/mol. The van der Waals surface area contributed by atoms with Crippen molar-refractivity contribution in [2.75, 3.05) is 13.1 Å². The summed E-state index contributed by atoms with van der Waals surface area (Å²) in [6.45, 7) is 9.03. The Morgan fingerprint density at radius 1 is 1.25 bits per heavy atom. The van der Waals surface area contributed by atoms with Crippen LogP contribution in [0.2, 0.25) is 0 Å². The molecule has 1 aliphatic heterocycles. The number of nitrogens with one attached hydrogen (secondary N) is 1. The van der Waals surface area contributed by atoms with E-state index in [1.54, 1.807) is 24.0 Å². The summed E-state index contributed by atoms with van der Waals surface area (Å²) in [6.07, 6.45) is 1.06. The number of nitrogens with zero attached hydrogens (tertiary/aromatic N) is 1. The molecule has 5 nitrogen and oxygen atoms in total. The Morgan fingerprint density at radius 3 is 2.42 bits per heavy atom. The van der Waals surface area contributed by atoms with Gasteiger partial charge < -0.3 is 15.3 Å². The third kappa shape index (κ3) is 4.57. The molecule has 2 N–H and O–H groups in total. The second-order valence-electron chi connectivity index (χ2n) is 7.60. The lowest BCUT2D eigenvalue weighted by atomic mass is 9.86. The third-order valence-corrected chi connectivity index (χ3v) is 4.44. The first-order chi connectivity index (χ1) is 11.2. The molecule has 1 fully saturated rings. The van der Waals surface area contributed by atoms with Crippen LogP contribution in [0.3, 0.4) is 0 Å². The largest absolute Gasteiger partial charge is 0.391 e. The molecule has 0 bridgehead atoms. The van der Waals surface area contributed by atoms with Gasteiger partial charge in [-0.15, -0.1) is 0 Å². The fourth-order valence-electron chi connectivity index (χ4n) is 2.89. The smallest absolute Gasteiger partial charge is 0.251 e. The number of rotatable bonds is 3. The van der Waals surface area contributed by atoms with Crippen LogP contribution in [-0.4, -0.2) is 47.1 Å². The maximum atomic E-state index is 12.4. The van der Waals surface area contributed by atoms with E-state index >= 15 is 0 Å². The van der Waals surface area contributed by atoms with E-state index in [1.165, 1.54) is 0 Å². The molecular weight excluding hydrogens is 304 g/mol. The average molecular weight is 332 g/mol. The van der Waals surface area contributed by atoms with Crippen LogP contribution in [0, 0.1) is 0 Å². The van der Waals surface area contributed by atoms with Gasteiger partial charge in [-0.25, -0.2) is 0 Å². The highest BCUT2D eigenvalue weighted by atomic mass is 16.3. The van der Waals surface area contributed by atoms with Crippen LogP contribution in [0.5, 0.6) is 0 Å². The quantitative estimate of drug-likeness (QED) is 0.890. The molecule has 0 saturated carbocycles. The van der Waals surface area contributed by atoms with Crippen LogP contribution < -0.4 is 5.32 Å². The van der Waals surface area contributed by atoms with Gasteiger partial charge in [-0.3, -0.25) is 9.59 Å². The molecule has 2 amide bonds. The van der Waals surface area contributed by atoms with Crippen molar-refractivity contribution in [3.05, 3.63) is 35.4 Å². The van der Waals surface area contributed by atoms with E-state index < -0.39 is 12.1 Å². The maximum Gasteiger partial charge on any atom is 0.251 e. The van der Waals surface area contributed by atoms with Gasteiger partial charge in [0.25, 0.3) is 5.91 Å². The number of aliphatic hydroxyl groups excluding tert-OH is 1. The number of amides is 2. The van der Waals surface area contributed by atoms with Gasteiger partial charge >= 0.3 is 0 Å². The number of likely N-dealkylation sites (tertiary alicyclic amines) is 1. The van der Waals surface area contributed by atoms with Crippen LogP contribution in [0.15, 0.2) is 24.3 Å². The summed E-state index contributed by atoms with van der Waals surface area (Å²) >= 11 is 0. The van der Waals surface area contributed by atoms with Crippen molar-refractivity contribution < 1.29 is 14.7 Å². The van der Waals surface area contributed by atoms with E-state index in [1.807, 2.05) is 12.1 Å². The average Bonchev–Trinajstić information content (AvgIpc) is 2.53. The Hall–Kier alpha value is -1.88. The highest BCUT2D eigenvalue weighted by molar-refractivity contribution is 5.97. The second-order valence-corrected chi connectivity index (χ2v) is 7.60. The van der Waals surface area contributed by atoms with E-state index in [4.69, 9.17) is 0 Å². The molecule has 1 saturated heterocycles. The molecule has 0 spiro atoms. The summed E-state index contributed by atoms with van der Waals surface area (Å²) in [5.41, 5.74) is 1.74. The Morgan fingerprint density at radius 2 is 1.88 bits per heavy atom. The van der Waals surface area contributed by atoms with Crippen LogP contribution in [0.25, 0.3) is 0 Å². The van der Waals surface area contributed by atoms with E-state index in [0.29, 0.717) is 18.7 Å². The summed E-state index contributed by atoms with van der Waals surface area (Å²) in [6, 6.07) is 6.87. The minimum absolute atomic E-state index is 0.0351. The van der Waals surface area contributed by atoms with Crippen LogP contribution in [-0.2, 0) is 10.2 Å². The fraction of sp³-hybridized carbons (Fsp3) is 0.579. The zero-order valence-corrected chi connectivity index (χ0v) is 15.0. The number of hydrogen-bond donors (Lipinski definition) is 2. The SMILES string of the molecule is CC(NC(=O)c1ccc(C(C)(C)C)cc1)C(=O)N1CCCC(O)C1. The van der Waals surface area contributed by atoms with Gasteiger partial charge in [0.2, 0.25) is 5.91 Å². The summed E-state index contributed by atoms with van der Waals surface area (Å²) < 4.78 is 0. The molecule has 1 aliphatic rings. The molecule has 1 aromatic rings. The van der Waals surface area contributed by atoms with E-state index in [0.717, 1.165) is 18.4 Å². The summed E-state index contributed by atoms with van der Waals surface area (Å²) in [4.78, 5) is 26.4. The molecule has 1 heterocycles. The number of β-amino-alcohol motifs (C(OH)–C–C–N with tert-alkyl or cyclic N) is 1. The van der Waals surface area contributed by atoms with E-state index in [2.05, 4.69) is 26.1 Å². The van der Waals surface area contributed by atoms with E-state index in [-0.39, 0.29) is 17.2 Å². The lowest BCUT2D eigenvalue weighted by molar-refractivity contribution is -0.135. The first-order valence-corrected chi connectivity index (χ1v) is 8.57. The normalized spacial score (nSPS) is 19.7. The number of benzene rings is 1. The molecule has 0 aromatic heterocycles. The topological polar surface area (TPSA) is 69.6 Å². The van der Waals surface area contributed by atoms with Gasteiger partial charge in [-0.05, 0) is 42.9 Å². The van der Waals surface area contributed by atoms with Gasteiger partial charge in [0, 0.05) is 18.7 Å². The van der Waals surface area contributed by atoms with E-state index in [9.17, 15) is 14.7 Å². The predicted molar refractivity (Wildman–Crippen MR) is 93.9 cm³/mol. The molecule has 2 atom stereocenters. The van der Waals surface area contributed by atoms with Crippen molar-refractivity contribution in [3.8, 4) is 0 Å². The molecule has 5 heteroatoms. The first kappa shape index (κ1) is 18.5. The summed E-state index contributed by atoms with van der Waals surface area (Å²) in [5.74, 6) is -0.401. The van der Waals surface area contributed by atoms with Gasteiger partial charge in [-0.2, -0.15) is 0 Å². The molecule has 24 heavy (non-hydrogen) atoms. The maximum absolute atomic E-state index is 12.4. The summed E-state index contributed by atoms with van der Waals surface area (Å²) in [7, 11) is 0. The zero-order valence-electron chi connectivity index (χ0n) is 15.0. The molecule has 132 valence electrons. The number of carbonyl (C=O) groups excluding carboxylic acids is 2. The number of carbonyl (C=O) groups is 2. The van der Waals surface area contributed by atoms with Crippen molar-refractivity contribution in [3.63, 3.8) is 0 Å². The number of piperidine rings is 1. The third-order valence-electron chi connectivity index (χ3n) is 4.44. The second kappa shape index (κ2) is 7.34. The highest BCUT2D eigenvalue weighted by Crippen LogP contribution is 2.22. The van der Waals surface area contributed by atoms with Crippen molar-refractivity contribution >= 4 is 11.8 Å². The number of aliphatic hydroxyl groups is 1. The first-order valence-electron chi connectivity index (χ1n) is 8.57. The molecule has 2 rings (SSSR count). The van der Waals surface area contributed by atoms with Gasteiger partial charge in [0.05, 0.1) is 6.10 Å². The fourth-order valence-corrected chi connectivity index (χ4v) is 2.89. The standard InChI is InChI=1S/C19H28N2O3/c1-13(18(24)21-11-5-6-16(22)12-21)20-17(23)14-7-9-15(10-8-14)19(2,3)4/h7-10,13,16,22H,5-6,11-12H2,1-4H3,(H,20,23). The van der Waals surface area contributed by atoms with Crippen LogP contribution in [0.4, 0.5) is 0 Å². The molecule has 0 radical (unpaired) electrons. The lowest BCUT2D eigenvalue weighted by Crippen LogP contribution is -2.51. The van der Waals surface area contributed by atoms with Crippen molar-refractivity contribution in [2.45, 2.75) is 58.1 Å². The van der Waals surface area contributed by atoms with Crippen molar-refractivity contribution in [1.82, 2.24) is 10.2 Å². The molecule has 1 aromatic carbocycles. The van der Waals surface area contributed by atoms with Crippen molar-refractivity contribution in [1.29, 1.82) is 0 Å². The summed E-state index contributed by atoms with van der Waals surface area (Å²) in [5, 5.41) is 12.4. The van der Waals surface area contributed by atoms with Crippen molar-refractivity contribution in [2.24, 2.45) is 0 Å². The highest BCUT2D eigenvalue weighted by Gasteiger charge is 2.27.